The Hall–Kier alpha value is -1.75. The molecular weight excluding hydrogens is 258 g/mol. The van der Waals surface area contributed by atoms with Crippen molar-refractivity contribution < 1.29 is 4.79 Å². The molecule has 100 valence electrons. The van der Waals surface area contributed by atoms with Crippen LogP contribution >= 0.6 is 11.3 Å². The van der Waals surface area contributed by atoms with Crippen molar-refractivity contribution in [2.75, 3.05) is 11.9 Å². The van der Waals surface area contributed by atoms with E-state index in [-0.39, 0.29) is 0 Å². The van der Waals surface area contributed by atoms with Crippen molar-refractivity contribution in [3.8, 4) is 0 Å². The summed E-state index contributed by atoms with van der Waals surface area (Å²) in [5.74, 6) is 0. The molecule has 0 saturated heterocycles. The number of aromatic nitrogens is 2. The summed E-state index contributed by atoms with van der Waals surface area (Å²) in [4.78, 5) is 22.7. The largest absolute Gasteiger partial charge is 0.345 e. The van der Waals surface area contributed by atoms with E-state index in [1.807, 2.05) is 44.0 Å². The predicted molar refractivity (Wildman–Crippen MR) is 78.0 cm³/mol. The lowest BCUT2D eigenvalue weighted by molar-refractivity contribution is 0.112. The zero-order chi connectivity index (χ0) is 13.8. The maximum Gasteiger partial charge on any atom is 0.186 e. The van der Waals surface area contributed by atoms with Gasteiger partial charge in [-0.2, -0.15) is 0 Å². The molecule has 2 aromatic rings. The number of rotatable bonds is 5. The molecule has 2 aromatic heterocycles. The van der Waals surface area contributed by atoms with E-state index in [0.717, 1.165) is 39.8 Å². The van der Waals surface area contributed by atoms with E-state index >= 15 is 0 Å². The van der Waals surface area contributed by atoms with Crippen LogP contribution in [0.25, 0.3) is 0 Å². The van der Waals surface area contributed by atoms with E-state index < -0.39 is 0 Å². The first-order valence-electron chi connectivity index (χ1n) is 6.22. The molecule has 2 heterocycles. The molecule has 0 spiro atoms. The van der Waals surface area contributed by atoms with Gasteiger partial charge in [-0.15, -0.1) is 0 Å². The van der Waals surface area contributed by atoms with Crippen LogP contribution in [-0.2, 0) is 13.0 Å². The van der Waals surface area contributed by atoms with E-state index in [1.54, 1.807) is 0 Å². The predicted octanol–water partition coefficient (Wildman–Crippen LogP) is 2.86. The number of nitrogens with zero attached hydrogens (tertiary/aromatic N) is 3. The average Bonchev–Trinajstić information content (AvgIpc) is 2.82. The van der Waals surface area contributed by atoms with Crippen LogP contribution in [-0.4, -0.2) is 23.3 Å². The highest BCUT2D eigenvalue weighted by Gasteiger charge is 2.13. The van der Waals surface area contributed by atoms with Crippen LogP contribution in [0.5, 0.6) is 0 Å². The van der Waals surface area contributed by atoms with Crippen molar-refractivity contribution in [2.45, 2.75) is 26.8 Å². The average molecular weight is 275 g/mol. The van der Waals surface area contributed by atoms with Gasteiger partial charge in [0.15, 0.2) is 11.4 Å². The van der Waals surface area contributed by atoms with Gasteiger partial charge in [-0.25, -0.2) is 4.98 Å². The number of hydrogen-bond donors (Lipinski definition) is 0. The number of carbonyl (C=O) groups excluding carboxylic acids is 1. The monoisotopic (exact) mass is 275 g/mol. The third kappa shape index (κ3) is 3.17. The van der Waals surface area contributed by atoms with Crippen LogP contribution in [0.4, 0.5) is 5.13 Å². The maximum atomic E-state index is 11.0. The summed E-state index contributed by atoms with van der Waals surface area (Å²) >= 11 is 1.43. The van der Waals surface area contributed by atoms with Crippen LogP contribution in [0.1, 0.15) is 33.7 Å². The third-order valence-corrected chi connectivity index (χ3v) is 3.97. The van der Waals surface area contributed by atoms with Crippen molar-refractivity contribution in [2.24, 2.45) is 0 Å². The Labute approximate surface area is 117 Å². The summed E-state index contributed by atoms with van der Waals surface area (Å²) in [6.07, 6.45) is 1.67. The molecule has 2 rings (SSSR count). The van der Waals surface area contributed by atoms with E-state index in [2.05, 4.69) is 9.97 Å². The number of thiazole rings is 1. The SMILES string of the molecule is CCc1nc(N(C)Cc2cccc(C)n2)sc1C=O. The summed E-state index contributed by atoms with van der Waals surface area (Å²) in [5.41, 5.74) is 2.88. The van der Waals surface area contributed by atoms with Crippen LogP contribution < -0.4 is 4.90 Å². The summed E-state index contributed by atoms with van der Waals surface area (Å²) in [6, 6.07) is 5.98. The van der Waals surface area contributed by atoms with E-state index in [9.17, 15) is 4.79 Å². The highest BCUT2D eigenvalue weighted by atomic mass is 32.1. The first-order chi connectivity index (χ1) is 9.13. The first-order valence-corrected chi connectivity index (χ1v) is 7.04. The lowest BCUT2D eigenvalue weighted by Crippen LogP contribution is -2.17. The normalized spacial score (nSPS) is 10.5. The highest BCUT2D eigenvalue weighted by molar-refractivity contribution is 7.17. The number of carbonyl (C=O) groups is 1. The molecule has 0 aliphatic carbocycles. The number of pyridine rings is 1. The van der Waals surface area contributed by atoms with Crippen molar-refractivity contribution >= 4 is 22.8 Å². The third-order valence-electron chi connectivity index (χ3n) is 2.83. The van der Waals surface area contributed by atoms with E-state index in [4.69, 9.17) is 0 Å². The van der Waals surface area contributed by atoms with Crippen LogP contribution in [0.2, 0.25) is 0 Å². The van der Waals surface area contributed by atoms with Gasteiger partial charge >= 0.3 is 0 Å². The van der Waals surface area contributed by atoms with Crippen molar-refractivity contribution in [1.29, 1.82) is 0 Å². The Morgan fingerprint density at radius 3 is 2.74 bits per heavy atom. The minimum atomic E-state index is 0.691. The first kappa shape index (κ1) is 13.7. The van der Waals surface area contributed by atoms with Gasteiger partial charge in [-0.05, 0) is 25.5 Å². The highest BCUT2D eigenvalue weighted by Crippen LogP contribution is 2.25. The second kappa shape index (κ2) is 5.93. The van der Waals surface area contributed by atoms with Crippen LogP contribution in [0, 0.1) is 6.92 Å². The standard InChI is InChI=1S/C14H17N3OS/c1-4-12-13(9-18)19-14(16-12)17(3)8-11-7-5-6-10(2)15-11/h5-7,9H,4,8H2,1-3H3. The molecule has 5 heteroatoms. The van der Waals surface area contributed by atoms with Gasteiger partial charge in [0.1, 0.15) is 0 Å². The smallest absolute Gasteiger partial charge is 0.186 e. The summed E-state index contributed by atoms with van der Waals surface area (Å²) in [6.45, 7) is 4.68. The van der Waals surface area contributed by atoms with Crippen LogP contribution in [0.15, 0.2) is 18.2 Å². The molecule has 0 bridgehead atoms. The Kier molecular flexibility index (Phi) is 4.27. The van der Waals surface area contributed by atoms with Gasteiger partial charge < -0.3 is 4.90 Å². The molecule has 0 amide bonds. The van der Waals surface area contributed by atoms with Crippen molar-refractivity contribution in [3.05, 3.63) is 40.2 Å². The van der Waals surface area contributed by atoms with Crippen molar-refractivity contribution in [3.63, 3.8) is 0 Å². The quantitative estimate of drug-likeness (QED) is 0.787. The minimum Gasteiger partial charge on any atom is -0.345 e. The molecule has 0 aromatic carbocycles. The summed E-state index contributed by atoms with van der Waals surface area (Å²) < 4.78 is 0. The Bertz CT molecular complexity index is 580. The molecule has 0 aliphatic heterocycles. The summed E-state index contributed by atoms with van der Waals surface area (Å²) in [7, 11) is 1.97. The van der Waals surface area contributed by atoms with Gasteiger partial charge in [0.25, 0.3) is 0 Å². The number of aldehydes is 1. The fourth-order valence-electron chi connectivity index (χ4n) is 1.86. The summed E-state index contributed by atoms with van der Waals surface area (Å²) in [5, 5.41) is 0.863. The molecule has 0 fully saturated rings. The molecule has 0 aliphatic rings. The fraction of sp³-hybridized carbons (Fsp3) is 0.357. The number of aryl methyl sites for hydroxylation is 2. The lowest BCUT2D eigenvalue weighted by atomic mass is 10.3. The van der Waals surface area contributed by atoms with Gasteiger partial charge in [0.2, 0.25) is 0 Å². The molecule has 0 atom stereocenters. The van der Waals surface area contributed by atoms with Gasteiger partial charge in [-0.3, -0.25) is 9.78 Å². The minimum absolute atomic E-state index is 0.691. The topological polar surface area (TPSA) is 46.1 Å². The molecular formula is C14H17N3OS. The zero-order valence-corrected chi connectivity index (χ0v) is 12.2. The van der Waals surface area contributed by atoms with Gasteiger partial charge in [0.05, 0.1) is 22.8 Å². The molecule has 0 unspecified atom stereocenters. The fourth-order valence-corrected chi connectivity index (χ4v) is 2.79. The van der Waals surface area contributed by atoms with Crippen LogP contribution in [0.3, 0.4) is 0 Å². The lowest BCUT2D eigenvalue weighted by Gasteiger charge is -2.15. The Morgan fingerprint density at radius 2 is 2.16 bits per heavy atom. The number of hydrogen-bond acceptors (Lipinski definition) is 5. The van der Waals surface area contributed by atoms with Crippen molar-refractivity contribution in [1.82, 2.24) is 9.97 Å². The maximum absolute atomic E-state index is 11.0. The molecule has 4 nitrogen and oxygen atoms in total. The zero-order valence-electron chi connectivity index (χ0n) is 11.4. The van der Waals surface area contributed by atoms with E-state index in [0.29, 0.717) is 6.54 Å². The number of anilines is 1. The second-order valence-electron chi connectivity index (χ2n) is 4.41. The molecule has 0 N–H and O–H groups in total. The Morgan fingerprint density at radius 1 is 1.37 bits per heavy atom. The Balaban J connectivity index is 2.17. The molecule has 0 saturated carbocycles. The second-order valence-corrected chi connectivity index (χ2v) is 5.41. The van der Waals surface area contributed by atoms with Gasteiger partial charge in [-0.1, -0.05) is 24.3 Å². The molecule has 0 radical (unpaired) electrons. The molecule has 19 heavy (non-hydrogen) atoms. The van der Waals surface area contributed by atoms with E-state index in [1.165, 1.54) is 11.3 Å². The van der Waals surface area contributed by atoms with Gasteiger partial charge in [0, 0.05) is 12.7 Å².